The number of allylic oxidation sites excluding steroid dienone is 1. The first-order valence-electron chi connectivity index (χ1n) is 8.82. The van der Waals surface area contributed by atoms with Crippen LogP contribution >= 0.6 is 11.3 Å². The quantitative estimate of drug-likeness (QED) is 0.320. The molecule has 0 aliphatic rings. The van der Waals surface area contributed by atoms with E-state index in [1.807, 2.05) is 36.6 Å². The van der Waals surface area contributed by atoms with Crippen LogP contribution < -0.4 is 10.1 Å². The molecule has 0 bridgehead atoms. The van der Waals surface area contributed by atoms with E-state index in [9.17, 15) is 15.4 Å². The largest absolute Gasteiger partial charge is 0.494 e. The molecule has 7 nitrogen and oxygen atoms in total. The van der Waals surface area contributed by atoms with Gasteiger partial charge in [-0.25, -0.2) is 4.98 Å². The molecule has 0 aliphatic carbocycles. The molecule has 0 radical (unpaired) electrons. The maximum atomic E-state index is 10.8. The summed E-state index contributed by atoms with van der Waals surface area (Å²) >= 11 is 1.37. The van der Waals surface area contributed by atoms with Crippen LogP contribution in [-0.2, 0) is 0 Å². The number of nitro groups is 1. The van der Waals surface area contributed by atoms with Gasteiger partial charge in [-0.2, -0.15) is 5.26 Å². The summed E-state index contributed by atoms with van der Waals surface area (Å²) in [4.78, 5) is 15.0. The summed E-state index contributed by atoms with van der Waals surface area (Å²) in [7, 11) is 0. The van der Waals surface area contributed by atoms with E-state index in [-0.39, 0.29) is 5.69 Å². The topological polar surface area (TPSA) is 101 Å². The lowest BCUT2D eigenvalue weighted by Gasteiger charge is -2.05. The van der Waals surface area contributed by atoms with Crippen molar-refractivity contribution in [3.05, 3.63) is 74.7 Å². The van der Waals surface area contributed by atoms with Gasteiger partial charge in [0, 0.05) is 35.0 Å². The molecule has 0 saturated carbocycles. The van der Waals surface area contributed by atoms with Gasteiger partial charge in [-0.1, -0.05) is 0 Å². The molecule has 8 heteroatoms. The van der Waals surface area contributed by atoms with E-state index in [4.69, 9.17) is 4.74 Å². The fourth-order valence-electron chi connectivity index (χ4n) is 2.63. The van der Waals surface area contributed by atoms with E-state index in [1.165, 1.54) is 23.5 Å². The molecule has 0 saturated heterocycles. The Hall–Kier alpha value is -3.70. The summed E-state index contributed by atoms with van der Waals surface area (Å²) in [5.74, 6) is 0.798. The van der Waals surface area contributed by atoms with Crippen LogP contribution in [0.25, 0.3) is 16.8 Å². The Balaban J connectivity index is 1.79. The predicted octanol–water partition coefficient (Wildman–Crippen LogP) is 5.40. The summed E-state index contributed by atoms with van der Waals surface area (Å²) in [5.41, 5.74) is 3.52. The number of nitro benzene ring substituents is 1. The van der Waals surface area contributed by atoms with Crippen LogP contribution in [0.4, 0.5) is 11.4 Å². The standard InChI is InChI=1S/C21H18N4O3S/c1-3-28-18-7-4-15(5-8-18)20-13-29-21(24-20)16(11-22)12-23-19-9-6-17(25(26)27)10-14(19)2/h4-10,12-13,23H,3H2,1-2H3/b16-12+. The summed E-state index contributed by atoms with van der Waals surface area (Å²) in [6.07, 6.45) is 1.56. The van der Waals surface area contributed by atoms with Crippen LogP contribution in [0.3, 0.4) is 0 Å². The average Bonchev–Trinajstić information content (AvgIpc) is 3.20. The number of thiazole rings is 1. The number of nitrogens with zero attached hydrogens (tertiary/aromatic N) is 3. The van der Waals surface area contributed by atoms with Crippen molar-refractivity contribution in [2.75, 3.05) is 11.9 Å². The highest BCUT2D eigenvalue weighted by atomic mass is 32.1. The number of benzene rings is 2. The molecule has 1 aromatic heterocycles. The van der Waals surface area contributed by atoms with Gasteiger partial charge in [-0.3, -0.25) is 10.1 Å². The minimum atomic E-state index is -0.439. The number of nitriles is 1. The zero-order valence-electron chi connectivity index (χ0n) is 15.9. The number of nitrogens with one attached hydrogen (secondary N) is 1. The minimum absolute atomic E-state index is 0.0254. The molecular formula is C21H18N4O3S. The first-order valence-corrected chi connectivity index (χ1v) is 9.70. The molecule has 3 rings (SSSR count). The third-order valence-electron chi connectivity index (χ3n) is 4.11. The zero-order valence-corrected chi connectivity index (χ0v) is 16.7. The lowest BCUT2D eigenvalue weighted by molar-refractivity contribution is -0.384. The minimum Gasteiger partial charge on any atom is -0.494 e. The number of hydrogen-bond acceptors (Lipinski definition) is 7. The maximum absolute atomic E-state index is 10.8. The van der Waals surface area contributed by atoms with E-state index < -0.39 is 4.92 Å². The smallest absolute Gasteiger partial charge is 0.269 e. The normalized spacial score (nSPS) is 11.0. The highest BCUT2D eigenvalue weighted by molar-refractivity contribution is 7.11. The number of aryl methyl sites for hydroxylation is 1. The number of rotatable bonds is 7. The number of ether oxygens (including phenoxy) is 1. The lowest BCUT2D eigenvalue weighted by atomic mass is 10.1. The number of non-ortho nitro benzene ring substituents is 1. The van der Waals surface area contributed by atoms with Crippen LogP contribution in [0.1, 0.15) is 17.5 Å². The van der Waals surface area contributed by atoms with Crippen molar-refractivity contribution in [1.82, 2.24) is 4.98 Å². The summed E-state index contributed by atoms with van der Waals surface area (Å²) in [6, 6.07) is 14.3. The van der Waals surface area contributed by atoms with Gasteiger partial charge in [-0.05, 0) is 49.7 Å². The molecule has 0 fully saturated rings. The van der Waals surface area contributed by atoms with Gasteiger partial charge in [0.15, 0.2) is 0 Å². The van der Waals surface area contributed by atoms with Crippen molar-refractivity contribution in [1.29, 1.82) is 5.26 Å². The predicted molar refractivity (Wildman–Crippen MR) is 114 cm³/mol. The summed E-state index contributed by atoms with van der Waals surface area (Å²) in [5, 5.41) is 25.9. The molecule has 3 aromatic rings. The zero-order chi connectivity index (χ0) is 20.8. The van der Waals surface area contributed by atoms with Crippen molar-refractivity contribution < 1.29 is 9.66 Å². The molecule has 0 atom stereocenters. The number of anilines is 1. The van der Waals surface area contributed by atoms with E-state index in [1.54, 1.807) is 19.2 Å². The summed E-state index contributed by atoms with van der Waals surface area (Å²) in [6.45, 7) is 4.31. The number of aromatic nitrogens is 1. The maximum Gasteiger partial charge on any atom is 0.269 e. The van der Waals surface area contributed by atoms with Gasteiger partial charge in [-0.15, -0.1) is 11.3 Å². The van der Waals surface area contributed by atoms with Crippen molar-refractivity contribution in [3.8, 4) is 23.1 Å². The Kier molecular flexibility index (Phi) is 6.22. The first-order chi connectivity index (χ1) is 14.0. The van der Waals surface area contributed by atoms with Gasteiger partial charge < -0.3 is 10.1 Å². The Morgan fingerprint density at radius 2 is 2.10 bits per heavy atom. The monoisotopic (exact) mass is 406 g/mol. The van der Waals surface area contributed by atoms with Crippen LogP contribution in [0.15, 0.2) is 54.0 Å². The third-order valence-corrected chi connectivity index (χ3v) is 4.98. The molecule has 0 amide bonds. The molecule has 1 heterocycles. The van der Waals surface area contributed by atoms with Gasteiger partial charge in [0.1, 0.15) is 22.4 Å². The van der Waals surface area contributed by atoms with E-state index in [2.05, 4.69) is 16.4 Å². The van der Waals surface area contributed by atoms with Gasteiger partial charge >= 0.3 is 0 Å². The fourth-order valence-corrected chi connectivity index (χ4v) is 3.43. The number of hydrogen-bond donors (Lipinski definition) is 1. The Morgan fingerprint density at radius 3 is 2.72 bits per heavy atom. The molecule has 0 spiro atoms. The summed E-state index contributed by atoms with van der Waals surface area (Å²) < 4.78 is 5.45. The molecule has 29 heavy (non-hydrogen) atoms. The van der Waals surface area contributed by atoms with Crippen molar-refractivity contribution in [3.63, 3.8) is 0 Å². The highest BCUT2D eigenvalue weighted by Gasteiger charge is 2.11. The second-order valence-electron chi connectivity index (χ2n) is 6.07. The van der Waals surface area contributed by atoms with Crippen LogP contribution in [0.2, 0.25) is 0 Å². The second-order valence-corrected chi connectivity index (χ2v) is 6.92. The highest BCUT2D eigenvalue weighted by Crippen LogP contribution is 2.28. The van der Waals surface area contributed by atoms with Gasteiger partial charge in [0.25, 0.3) is 5.69 Å². The SMILES string of the molecule is CCOc1ccc(-c2csc(/C(C#N)=C/Nc3ccc([N+](=O)[O-])cc3C)n2)cc1. The second kappa shape index (κ2) is 8.99. The van der Waals surface area contributed by atoms with Crippen LogP contribution in [-0.4, -0.2) is 16.5 Å². The van der Waals surface area contributed by atoms with Crippen LogP contribution in [0.5, 0.6) is 5.75 Å². The van der Waals surface area contributed by atoms with E-state index in [0.29, 0.717) is 28.4 Å². The van der Waals surface area contributed by atoms with Crippen molar-refractivity contribution in [2.24, 2.45) is 0 Å². The van der Waals surface area contributed by atoms with Gasteiger partial charge in [0.2, 0.25) is 0 Å². The van der Waals surface area contributed by atoms with Crippen LogP contribution in [0, 0.1) is 28.4 Å². The van der Waals surface area contributed by atoms with Crippen molar-refractivity contribution >= 4 is 28.3 Å². The van der Waals surface area contributed by atoms with E-state index in [0.717, 1.165) is 17.0 Å². The molecule has 0 aliphatic heterocycles. The van der Waals surface area contributed by atoms with E-state index >= 15 is 0 Å². The Labute approximate surface area is 172 Å². The average molecular weight is 406 g/mol. The van der Waals surface area contributed by atoms with Gasteiger partial charge in [0.05, 0.1) is 17.2 Å². The first kappa shape index (κ1) is 20.0. The molecule has 2 aromatic carbocycles. The molecule has 0 unspecified atom stereocenters. The fraction of sp³-hybridized carbons (Fsp3) is 0.143. The lowest BCUT2D eigenvalue weighted by Crippen LogP contribution is -1.95. The van der Waals surface area contributed by atoms with Crippen molar-refractivity contribution in [2.45, 2.75) is 13.8 Å². The Morgan fingerprint density at radius 1 is 1.34 bits per heavy atom. The molecular weight excluding hydrogens is 388 g/mol. The third kappa shape index (κ3) is 4.78. The Bertz CT molecular complexity index is 1100. The molecule has 1 N–H and O–H groups in total. The molecule has 146 valence electrons.